The Morgan fingerprint density at radius 1 is 1.42 bits per heavy atom. The quantitative estimate of drug-likeness (QED) is 0.468. The standard InChI is InChI=1S/C13H19FN4O/c1-9(2)5-6-19-12-7-10(3-4-11(12)14)8-17-18-13(15)16/h3-4,7-9H,5-6H2,1-2H3,(H4,15,16,18). The summed E-state index contributed by atoms with van der Waals surface area (Å²) in [5.74, 6) is 0.179. The van der Waals surface area contributed by atoms with Crippen LogP contribution in [0.2, 0.25) is 0 Å². The van der Waals surface area contributed by atoms with Gasteiger partial charge in [0, 0.05) is 0 Å². The molecule has 0 radical (unpaired) electrons. The SMILES string of the molecule is CC(C)CCOc1cc(C=NN=C(N)N)ccc1F. The predicted octanol–water partition coefficient (Wildman–Crippen LogP) is 1.86. The number of halogens is 1. The van der Waals surface area contributed by atoms with E-state index in [-0.39, 0.29) is 11.7 Å². The van der Waals surface area contributed by atoms with E-state index < -0.39 is 5.82 Å². The number of hydrogen-bond acceptors (Lipinski definition) is 3. The van der Waals surface area contributed by atoms with Crippen molar-refractivity contribution < 1.29 is 9.13 Å². The zero-order chi connectivity index (χ0) is 14.3. The summed E-state index contributed by atoms with van der Waals surface area (Å²) in [6, 6.07) is 4.44. The van der Waals surface area contributed by atoms with Crippen LogP contribution >= 0.6 is 0 Å². The molecule has 1 rings (SSSR count). The minimum atomic E-state index is -0.400. The van der Waals surface area contributed by atoms with Gasteiger partial charge in [-0.25, -0.2) is 4.39 Å². The number of nitrogens with two attached hydrogens (primary N) is 2. The largest absolute Gasteiger partial charge is 0.490 e. The zero-order valence-electron chi connectivity index (χ0n) is 11.1. The molecule has 19 heavy (non-hydrogen) atoms. The fourth-order valence-corrected chi connectivity index (χ4v) is 1.28. The third-order valence-corrected chi connectivity index (χ3v) is 2.29. The maximum absolute atomic E-state index is 13.5. The lowest BCUT2D eigenvalue weighted by molar-refractivity contribution is 0.277. The molecule has 0 unspecified atom stereocenters. The molecule has 104 valence electrons. The van der Waals surface area contributed by atoms with Crippen LogP contribution in [0.25, 0.3) is 0 Å². The molecule has 0 aliphatic carbocycles. The van der Waals surface area contributed by atoms with Gasteiger partial charge in [0.05, 0.1) is 12.8 Å². The number of nitrogens with zero attached hydrogens (tertiary/aromatic N) is 2. The van der Waals surface area contributed by atoms with Crippen LogP contribution in [0.4, 0.5) is 4.39 Å². The zero-order valence-corrected chi connectivity index (χ0v) is 11.1. The van der Waals surface area contributed by atoms with Crippen molar-refractivity contribution in [3.05, 3.63) is 29.6 Å². The molecular weight excluding hydrogens is 247 g/mol. The lowest BCUT2D eigenvalue weighted by Crippen LogP contribution is -2.21. The maximum Gasteiger partial charge on any atom is 0.211 e. The van der Waals surface area contributed by atoms with Gasteiger partial charge in [0.25, 0.3) is 0 Å². The van der Waals surface area contributed by atoms with Crippen LogP contribution in [0.1, 0.15) is 25.8 Å². The summed E-state index contributed by atoms with van der Waals surface area (Å²) in [4.78, 5) is 0. The van der Waals surface area contributed by atoms with E-state index in [0.717, 1.165) is 6.42 Å². The van der Waals surface area contributed by atoms with Crippen molar-refractivity contribution >= 4 is 12.2 Å². The Hall–Kier alpha value is -2.11. The molecule has 0 saturated carbocycles. The fourth-order valence-electron chi connectivity index (χ4n) is 1.28. The number of benzene rings is 1. The van der Waals surface area contributed by atoms with E-state index in [1.165, 1.54) is 12.3 Å². The average Bonchev–Trinajstić information content (AvgIpc) is 2.32. The molecular formula is C13H19FN4O. The first-order valence-electron chi connectivity index (χ1n) is 6.03. The van der Waals surface area contributed by atoms with Gasteiger partial charge in [-0.15, -0.1) is 5.10 Å². The van der Waals surface area contributed by atoms with E-state index in [1.54, 1.807) is 12.1 Å². The molecule has 6 heteroatoms. The molecule has 0 spiro atoms. The van der Waals surface area contributed by atoms with Crippen LogP contribution in [-0.4, -0.2) is 18.8 Å². The first kappa shape index (κ1) is 14.9. The Bertz CT molecular complexity index is 468. The third kappa shape index (κ3) is 5.85. The Balaban J connectivity index is 2.71. The number of guanidine groups is 1. The highest BCUT2D eigenvalue weighted by Gasteiger charge is 2.04. The van der Waals surface area contributed by atoms with Gasteiger partial charge in [-0.3, -0.25) is 0 Å². The van der Waals surface area contributed by atoms with Crippen molar-refractivity contribution in [2.24, 2.45) is 27.6 Å². The maximum atomic E-state index is 13.5. The van der Waals surface area contributed by atoms with Crippen molar-refractivity contribution in [3.8, 4) is 5.75 Å². The van der Waals surface area contributed by atoms with Crippen LogP contribution in [0.3, 0.4) is 0 Å². The summed E-state index contributed by atoms with van der Waals surface area (Å²) in [6.07, 6.45) is 2.29. The van der Waals surface area contributed by atoms with Crippen LogP contribution in [0, 0.1) is 11.7 Å². The van der Waals surface area contributed by atoms with E-state index >= 15 is 0 Å². The van der Waals surface area contributed by atoms with Gasteiger partial charge in [0.1, 0.15) is 0 Å². The van der Waals surface area contributed by atoms with Crippen molar-refractivity contribution in [1.29, 1.82) is 0 Å². The van der Waals surface area contributed by atoms with Gasteiger partial charge in [-0.05, 0) is 30.0 Å². The second-order valence-corrected chi connectivity index (χ2v) is 4.49. The number of hydrogen-bond donors (Lipinski definition) is 2. The molecule has 4 N–H and O–H groups in total. The van der Waals surface area contributed by atoms with Crippen LogP contribution < -0.4 is 16.2 Å². The molecule has 0 aliphatic heterocycles. The molecule has 0 fully saturated rings. The smallest absolute Gasteiger partial charge is 0.211 e. The normalized spacial score (nSPS) is 10.9. The third-order valence-electron chi connectivity index (χ3n) is 2.29. The molecule has 0 amide bonds. The summed E-state index contributed by atoms with van der Waals surface area (Å²) >= 11 is 0. The van der Waals surface area contributed by atoms with Crippen molar-refractivity contribution in [2.45, 2.75) is 20.3 Å². The molecule has 0 aliphatic rings. The van der Waals surface area contributed by atoms with E-state index in [1.807, 2.05) is 0 Å². The Labute approximate surface area is 112 Å². The second-order valence-electron chi connectivity index (χ2n) is 4.49. The molecule has 1 aromatic carbocycles. The van der Waals surface area contributed by atoms with Crippen LogP contribution in [-0.2, 0) is 0 Å². The van der Waals surface area contributed by atoms with Crippen molar-refractivity contribution in [1.82, 2.24) is 0 Å². The van der Waals surface area contributed by atoms with Crippen LogP contribution in [0.15, 0.2) is 28.4 Å². The average molecular weight is 266 g/mol. The van der Waals surface area contributed by atoms with Gasteiger partial charge < -0.3 is 16.2 Å². The Morgan fingerprint density at radius 2 is 2.16 bits per heavy atom. The lowest BCUT2D eigenvalue weighted by Gasteiger charge is -2.09. The van der Waals surface area contributed by atoms with Gasteiger partial charge in [0.2, 0.25) is 5.96 Å². The summed E-state index contributed by atoms with van der Waals surface area (Å²) in [5, 5.41) is 7.12. The van der Waals surface area contributed by atoms with Gasteiger partial charge in [-0.1, -0.05) is 19.9 Å². The number of rotatable bonds is 6. The van der Waals surface area contributed by atoms with E-state index in [2.05, 4.69) is 24.1 Å². The van der Waals surface area contributed by atoms with Crippen LogP contribution in [0.5, 0.6) is 5.75 Å². The summed E-state index contributed by atoms with van der Waals surface area (Å²) in [5.41, 5.74) is 10.9. The Kier molecular flexibility index (Phi) is 5.78. The van der Waals surface area contributed by atoms with Gasteiger partial charge in [0.15, 0.2) is 11.6 Å². The minimum absolute atomic E-state index is 0.133. The molecule has 0 aromatic heterocycles. The first-order chi connectivity index (χ1) is 8.99. The lowest BCUT2D eigenvalue weighted by atomic mass is 10.1. The molecule has 5 nitrogen and oxygen atoms in total. The minimum Gasteiger partial charge on any atom is -0.490 e. The Morgan fingerprint density at radius 3 is 2.79 bits per heavy atom. The van der Waals surface area contributed by atoms with Gasteiger partial charge >= 0.3 is 0 Å². The monoisotopic (exact) mass is 266 g/mol. The highest BCUT2D eigenvalue weighted by Crippen LogP contribution is 2.18. The number of ether oxygens (including phenoxy) is 1. The molecule has 0 saturated heterocycles. The highest BCUT2D eigenvalue weighted by molar-refractivity contribution is 5.82. The van der Waals surface area contributed by atoms with E-state index in [0.29, 0.717) is 18.1 Å². The first-order valence-corrected chi connectivity index (χ1v) is 6.03. The van der Waals surface area contributed by atoms with Gasteiger partial charge in [-0.2, -0.15) is 5.10 Å². The summed E-state index contributed by atoms with van der Waals surface area (Å²) in [7, 11) is 0. The van der Waals surface area contributed by atoms with Crippen molar-refractivity contribution in [3.63, 3.8) is 0 Å². The van der Waals surface area contributed by atoms with E-state index in [9.17, 15) is 4.39 Å². The summed E-state index contributed by atoms with van der Waals surface area (Å²) in [6.45, 7) is 4.64. The fraction of sp³-hybridized carbons (Fsp3) is 0.385. The molecule has 1 aromatic rings. The molecule has 0 bridgehead atoms. The molecule has 0 atom stereocenters. The van der Waals surface area contributed by atoms with E-state index in [4.69, 9.17) is 16.2 Å². The predicted molar refractivity (Wildman–Crippen MR) is 74.8 cm³/mol. The van der Waals surface area contributed by atoms with Crippen molar-refractivity contribution in [2.75, 3.05) is 6.61 Å². The highest BCUT2D eigenvalue weighted by atomic mass is 19.1. The second kappa shape index (κ2) is 7.35. The topological polar surface area (TPSA) is 86.0 Å². The molecule has 0 heterocycles. The summed E-state index contributed by atoms with van der Waals surface area (Å²) < 4.78 is 18.9.